The highest BCUT2D eigenvalue weighted by atomic mass is 32.2. The lowest BCUT2D eigenvalue weighted by Crippen LogP contribution is -2.38. The van der Waals surface area contributed by atoms with Crippen LogP contribution in [0.2, 0.25) is 0 Å². The summed E-state index contributed by atoms with van der Waals surface area (Å²) in [7, 11) is -3.61. The second kappa shape index (κ2) is 8.87. The maximum atomic E-state index is 13.2. The molecular weight excluding hydrogens is 404 g/mol. The summed E-state index contributed by atoms with van der Waals surface area (Å²) in [5.41, 5.74) is 2.23. The number of H-pyrrole nitrogens is 1. The molecule has 0 amide bonds. The second-order valence-corrected chi connectivity index (χ2v) is 9.65. The molecule has 0 saturated carbocycles. The van der Waals surface area contributed by atoms with Crippen molar-refractivity contribution in [3.63, 3.8) is 0 Å². The van der Waals surface area contributed by atoms with Crippen LogP contribution in [0.15, 0.2) is 34.0 Å². The van der Waals surface area contributed by atoms with Crippen LogP contribution in [0.25, 0.3) is 0 Å². The van der Waals surface area contributed by atoms with Crippen LogP contribution >= 0.6 is 0 Å². The van der Waals surface area contributed by atoms with Gasteiger partial charge in [-0.3, -0.25) is 9.78 Å². The Hall–Kier alpha value is -2.23. The van der Waals surface area contributed by atoms with E-state index < -0.39 is 10.0 Å². The topological polar surface area (TPSA) is 95.6 Å². The molecule has 1 saturated heterocycles. The number of nitrogens with zero attached hydrogens (tertiary/aromatic N) is 3. The molecule has 162 valence electrons. The van der Waals surface area contributed by atoms with E-state index >= 15 is 0 Å². The number of ether oxygens (including phenoxy) is 1. The summed E-state index contributed by atoms with van der Waals surface area (Å²) in [5.74, 6) is 0.546. The number of hydrogen-bond donors (Lipinski definition) is 1. The van der Waals surface area contributed by atoms with Crippen molar-refractivity contribution >= 4 is 16.0 Å². The molecule has 1 aromatic heterocycles. The Morgan fingerprint density at radius 3 is 2.47 bits per heavy atom. The number of fused-ring (bicyclic) bond motifs is 1. The number of rotatable bonds is 5. The molecule has 30 heavy (non-hydrogen) atoms. The average Bonchev–Trinajstić information content (AvgIpc) is 2.99. The highest BCUT2D eigenvalue weighted by Crippen LogP contribution is 2.21. The predicted molar refractivity (Wildman–Crippen MR) is 114 cm³/mol. The molecule has 4 rings (SSSR count). The number of aromatic nitrogens is 2. The van der Waals surface area contributed by atoms with Crippen LogP contribution in [0.5, 0.6) is 0 Å². The van der Waals surface area contributed by atoms with Crippen molar-refractivity contribution in [2.24, 2.45) is 0 Å². The Kier molecular flexibility index (Phi) is 6.21. The molecule has 1 aromatic carbocycles. The molecular formula is C21H28N4O4S. The van der Waals surface area contributed by atoms with Gasteiger partial charge in [-0.15, -0.1) is 0 Å². The smallest absolute Gasteiger partial charge is 0.255 e. The van der Waals surface area contributed by atoms with E-state index in [0.29, 0.717) is 67.8 Å². The molecule has 0 radical (unpaired) electrons. The summed E-state index contributed by atoms with van der Waals surface area (Å²) in [6, 6.07) is 7.12. The zero-order valence-corrected chi connectivity index (χ0v) is 18.1. The molecule has 1 fully saturated rings. The van der Waals surface area contributed by atoms with Crippen LogP contribution in [-0.4, -0.2) is 62.1 Å². The van der Waals surface area contributed by atoms with E-state index in [0.717, 1.165) is 18.4 Å². The van der Waals surface area contributed by atoms with Gasteiger partial charge in [-0.1, -0.05) is 25.5 Å². The molecule has 1 N–H and O–H groups in total. The number of aryl methyl sites for hydroxylation is 1. The Balaban J connectivity index is 1.54. The first-order valence-electron chi connectivity index (χ1n) is 10.5. The van der Waals surface area contributed by atoms with Gasteiger partial charge in [0.25, 0.3) is 5.56 Å². The van der Waals surface area contributed by atoms with Gasteiger partial charge in [0.1, 0.15) is 0 Å². The monoisotopic (exact) mass is 432 g/mol. The van der Waals surface area contributed by atoms with Gasteiger partial charge >= 0.3 is 0 Å². The van der Waals surface area contributed by atoms with Gasteiger partial charge in [0.2, 0.25) is 16.0 Å². The molecule has 9 heteroatoms. The summed E-state index contributed by atoms with van der Waals surface area (Å²) >= 11 is 0. The van der Waals surface area contributed by atoms with Crippen molar-refractivity contribution in [1.29, 1.82) is 0 Å². The predicted octanol–water partition coefficient (Wildman–Crippen LogP) is 1.35. The zero-order valence-electron chi connectivity index (χ0n) is 17.3. The molecule has 0 bridgehead atoms. The Labute approximate surface area is 176 Å². The third-order valence-corrected chi connectivity index (χ3v) is 7.62. The normalized spacial score (nSPS) is 18.1. The Morgan fingerprint density at radius 1 is 1.07 bits per heavy atom. The van der Waals surface area contributed by atoms with Crippen LogP contribution in [0.1, 0.15) is 30.2 Å². The first kappa shape index (κ1) is 21.0. The third-order valence-electron chi connectivity index (χ3n) is 5.71. The molecule has 0 unspecified atom stereocenters. The van der Waals surface area contributed by atoms with Gasteiger partial charge in [-0.05, 0) is 30.5 Å². The van der Waals surface area contributed by atoms with Crippen molar-refractivity contribution in [3.05, 3.63) is 51.4 Å². The fourth-order valence-corrected chi connectivity index (χ4v) is 5.45. The fraction of sp³-hybridized carbons (Fsp3) is 0.524. The number of sulfonamides is 1. The standard InChI is InChI=1S/C21H28N4O4S/c1-2-3-16-4-6-17(7-5-16)30(27,28)25-10-8-18-19(9-11-25)22-21(23-20(18)26)24-12-14-29-15-13-24/h4-7H,2-3,8-15H2,1H3,(H,22,23,26). The van der Waals surface area contributed by atoms with E-state index in [-0.39, 0.29) is 12.1 Å². The van der Waals surface area contributed by atoms with E-state index in [1.54, 1.807) is 12.1 Å². The van der Waals surface area contributed by atoms with Crippen molar-refractivity contribution in [2.45, 2.75) is 37.5 Å². The van der Waals surface area contributed by atoms with Gasteiger partial charge in [0, 0.05) is 38.2 Å². The molecule has 3 heterocycles. The van der Waals surface area contributed by atoms with Gasteiger partial charge < -0.3 is 9.64 Å². The number of aromatic amines is 1. The van der Waals surface area contributed by atoms with Crippen molar-refractivity contribution < 1.29 is 13.2 Å². The van der Waals surface area contributed by atoms with Gasteiger partial charge in [0.05, 0.1) is 23.8 Å². The molecule has 2 aliphatic rings. The first-order chi connectivity index (χ1) is 14.5. The van der Waals surface area contributed by atoms with Crippen molar-refractivity contribution in [3.8, 4) is 0 Å². The first-order valence-corrected chi connectivity index (χ1v) is 12.0. The minimum absolute atomic E-state index is 0.176. The zero-order chi connectivity index (χ0) is 21.1. The van der Waals surface area contributed by atoms with E-state index in [1.165, 1.54) is 4.31 Å². The van der Waals surface area contributed by atoms with Crippen molar-refractivity contribution in [2.75, 3.05) is 44.3 Å². The van der Waals surface area contributed by atoms with Gasteiger partial charge in [0.15, 0.2) is 0 Å². The molecule has 8 nitrogen and oxygen atoms in total. The largest absolute Gasteiger partial charge is 0.378 e. The second-order valence-electron chi connectivity index (χ2n) is 7.71. The lowest BCUT2D eigenvalue weighted by Gasteiger charge is -2.27. The maximum Gasteiger partial charge on any atom is 0.255 e. The van der Waals surface area contributed by atoms with Crippen LogP contribution in [-0.2, 0) is 34.0 Å². The van der Waals surface area contributed by atoms with E-state index in [4.69, 9.17) is 4.74 Å². The number of benzene rings is 1. The highest BCUT2D eigenvalue weighted by Gasteiger charge is 2.28. The number of hydrogen-bond acceptors (Lipinski definition) is 6. The number of nitrogens with one attached hydrogen (secondary N) is 1. The lowest BCUT2D eigenvalue weighted by molar-refractivity contribution is 0.122. The van der Waals surface area contributed by atoms with Crippen molar-refractivity contribution in [1.82, 2.24) is 14.3 Å². The van der Waals surface area contributed by atoms with Crippen LogP contribution in [0.3, 0.4) is 0 Å². The lowest BCUT2D eigenvalue weighted by atomic mass is 10.1. The van der Waals surface area contributed by atoms with Gasteiger partial charge in [-0.25, -0.2) is 13.4 Å². The fourth-order valence-electron chi connectivity index (χ4n) is 4.01. The number of anilines is 1. The minimum atomic E-state index is -3.61. The minimum Gasteiger partial charge on any atom is -0.378 e. The van der Waals surface area contributed by atoms with Gasteiger partial charge in [-0.2, -0.15) is 4.31 Å². The molecule has 2 aromatic rings. The summed E-state index contributed by atoms with van der Waals surface area (Å²) in [4.78, 5) is 22.5. The van der Waals surface area contributed by atoms with Crippen LogP contribution in [0.4, 0.5) is 5.95 Å². The Morgan fingerprint density at radius 2 is 1.77 bits per heavy atom. The average molecular weight is 433 g/mol. The SMILES string of the molecule is CCCc1ccc(S(=O)(=O)N2CCc3nc(N4CCOCC4)[nH]c(=O)c3CC2)cc1. The molecule has 0 aliphatic carbocycles. The van der Waals surface area contributed by atoms with Crippen LogP contribution < -0.4 is 10.5 Å². The maximum absolute atomic E-state index is 13.2. The van der Waals surface area contributed by atoms with Crippen LogP contribution in [0, 0.1) is 0 Å². The summed E-state index contributed by atoms with van der Waals surface area (Å²) in [6.45, 7) is 5.23. The summed E-state index contributed by atoms with van der Waals surface area (Å²) in [5, 5.41) is 0. The number of morpholine rings is 1. The molecule has 0 atom stereocenters. The summed E-state index contributed by atoms with van der Waals surface area (Å²) in [6.07, 6.45) is 2.72. The Bertz CT molecular complexity index is 1040. The molecule has 0 spiro atoms. The van der Waals surface area contributed by atoms with E-state index in [2.05, 4.69) is 16.9 Å². The molecule has 2 aliphatic heterocycles. The highest BCUT2D eigenvalue weighted by molar-refractivity contribution is 7.89. The quantitative estimate of drug-likeness (QED) is 0.766. The van der Waals surface area contributed by atoms with E-state index in [9.17, 15) is 13.2 Å². The summed E-state index contributed by atoms with van der Waals surface area (Å²) < 4.78 is 33.1. The van der Waals surface area contributed by atoms with E-state index in [1.807, 2.05) is 17.0 Å². The third kappa shape index (κ3) is 4.28.